The molecule has 6 nitrogen and oxygen atoms in total. The molecule has 0 fully saturated rings. The van der Waals surface area contributed by atoms with Crippen LogP contribution in [-0.2, 0) is 0 Å². The Bertz CT molecular complexity index is 456. The van der Waals surface area contributed by atoms with Crippen LogP contribution >= 0.6 is 12.2 Å². The number of hydrogen-bond acceptors (Lipinski definition) is 4. The lowest BCUT2D eigenvalue weighted by atomic mass is 10.1. The zero-order valence-electron chi connectivity index (χ0n) is 9.43. The second-order valence-electron chi connectivity index (χ2n) is 3.19. The Hall–Kier alpha value is -2.02. The molecule has 0 radical (unpaired) electrons. The predicted octanol–water partition coefficient (Wildman–Crippen LogP) is 1.41. The Morgan fingerprint density at radius 1 is 1.41 bits per heavy atom. The highest BCUT2D eigenvalue weighted by Gasteiger charge is 2.05. The molecule has 0 aliphatic carbocycles. The summed E-state index contributed by atoms with van der Waals surface area (Å²) < 4.78 is 0. The maximum absolute atomic E-state index is 10.5. The van der Waals surface area contributed by atoms with Gasteiger partial charge in [-0.15, -0.1) is 0 Å². The van der Waals surface area contributed by atoms with Crippen molar-refractivity contribution in [3.05, 3.63) is 39.9 Å². The summed E-state index contributed by atoms with van der Waals surface area (Å²) >= 11 is 4.86. The van der Waals surface area contributed by atoms with Crippen LogP contribution < -0.4 is 10.7 Å². The molecule has 0 bridgehead atoms. The topological polar surface area (TPSA) is 79.6 Å². The third-order valence-corrected chi connectivity index (χ3v) is 2.34. The minimum absolute atomic E-state index is 0.0558. The molecular weight excluding hydrogens is 240 g/mol. The minimum Gasteiger partial charge on any atom is -0.364 e. The fourth-order valence-corrected chi connectivity index (χ4v) is 1.13. The SMILES string of the molecule is CNC(=S)N/N=C(/C)c1ccc([N+](=O)[O-])cc1. The summed E-state index contributed by atoms with van der Waals surface area (Å²) in [6.45, 7) is 1.78. The fraction of sp³-hybridized carbons (Fsp3) is 0.200. The van der Waals surface area contributed by atoms with E-state index in [9.17, 15) is 10.1 Å². The van der Waals surface area contributed by atoms with Crippen LogP contribution in [0.15, 0.2) is 29.4 Å². The normalized spacial score (nSPS) is 10.8. The summed E-state index contributed by atoms with van der Waals surface area (Å²) in [7, 11) is 1.69. The van der Waals surface area contributed by atoms with Crippen molar-refractivity contribution in [3.8, 4) is 0 Å². The van der Waals surface area contributed by atoms with Crippen molar-refractivity contribution < 1.29 is 4.92 Å². The molecule has 1 aromatic rings. The molecule has 2 N–H and O–H groups in total. The maximum Gasteiger partial charge on any atom is 0.269 e. The maximum atomic E-state index is 10.5. The average molecular weight is 252 g/mol. The van der Waals surface area contributed by atoms with Crippen molar-refractivity contribution in [2.24, 2.45) is 5.10 Å². The van der Waals surface area contributed by atoms with E-state index in [4.69, 9.17) is 12.2 Å². The van der Waals surface area contributed by atoms with Crippen LogP contribution in [0.25, 0.3) is 0 Å². The third kappa shape index (κ3) is 3.80. The molecule has 0 aliphatic rings. The highest BCUT2D eigenvalue weighted by atomic mass is 32.1. The van der Waals surface area contributed by atoms with Crippen LogP contribution in [0.5, 0.6) is 0 Å². The van der Waals surface area contributed by atoms with Crippen molar-refractivity contribution in [1.29, 1.82) is 0 Å². The van der Waals surface area contributed by atoms with Gasteiger partial charge in [-0.3, -0.25) is 15.5 Å². The van der Waals surface area contributed by atoms with Crippen LogP contribution in [0.4, 0.5) is 5.69 Å². The van der Waals surface area contributed by atoms with E-state index in [-0.39, 0.29) is 5.69 Å². The number of benzene rings is 1. The van der Waals surface area contributed by atoms with Crippen molar-refractivity contribution in [2.75, 3.05) is 7.05 Å². The first-order chi connectivity index (χ1) is 8.04. The number of rotatable bonds is 3. The number of non-ortho nitro benzene ring substituents is 1. The van der Waals surface area contributed by atoms with Gasteiger partial charge in [0.05, 0.1) is 10.6 Å². The van der Waals surface area contributed by atoms with Gasteiger partial charge in [-0.25, -0.2) is 0 Å². The van der Waals surface area contributed by atoms with Crippen molar-refractivity contribution in [3.63, 3.8) is 0 Å². The molecule has 0 saturated carbocycles. The molecule has 90 valence electrons. The first-order valence-corrected chi connectivity index (χ1v) is 5.22. The van der Waals surface area contributed by atoms with Crippen molar-refractivity contribution in [1.82, 2.24) is 10.7 Å². The number of thiocarbonyl (C=S) groups is 1. The van der Waals surface area contributed by atoms with Crippen molar-refractivity contribution in [2.45, 2.75) is 6.92 Å². The Morgan fingerprint density at radius 3 is 2.47 bits per heavy atom. The van der Waals surface area contributed by atoms with Gasteiger partial charge in [0.1, 0.15) is 0 Å². The summed E-state index contributed by atoms with van der Waals surface area (Å²) in [6, 6.07) is 6.15. The molecule has 0 unspecified atom stereocenters. The first-order valence-electron chi connectivity index (χ1n) is 4.81. The Labute approximate surface area is 104 Å². The lowest BCUT2D eigenvalue weighted by molar-refractivity contribution is -0.384. The van der Waals surface area contributed by atoms with Gasteiger partial charge in [0.25, 0.3) is 5.69 Å². The third-order valence-electron chi connectivity index (χ3n) is 2.05. The van der Waals surface area contributed by atoms with E-state index in [0.29, 0.717) is 10.8 Å². The molecule has 0 aromatic heterocycles. The fourth-order valence-electron chi connectivity index (χ4n) is 1.08. The molecule has 1 rings (SSSR count). The van der Waals surface area contributed by atoms with E-state index in [1.54, 1.807) is 26.1 Å². The molecule has 1 aromatic carbocycles. The molecule has 0 spiro atoms. The molecule has 0 aliphatic heterocycles. The van der Waals surface area contributed by atoms with E-state index in [0.717, 1.165) is 5.56 Å². The van der Waals surface area contributed by atoms with E-state index < -0.39 is 4.92 Å². The number of hydrazone groups is 1. The number of nitro benzene ring substituents is 1. The summed E-state index contributed by atoms with van der Waals surface area (Å²) in [4.78, 5) is 10.0. The largest absolute Gasteiger partial charge is 0.364 e. The minimum atomic E-state index is -0.440. The summed E-state index contributed by atoms with van der Waals surface area (Å²) in [6.07, 6.45) is 0. The van der Waals surface area contributed by atoms with Gasteiger partial charge < -0.3 is 5.32 Å². The molecule has 0 saturated heterocycles. The van der Waals surface area contributed by atoms with E-state index in [1.807, 2.05) is 0 Å². The lowest BCUT2D eigenvalue weighted by Gasteiger charge is -2.03. The summed E-state index contributed by atoms with van der Waals surface area (Å²) in [5.74, 6) is 0. The van der Waals surface area contributed by atoms with Gasteiger partial charge in [0.15, 0.2) is 5.11 Å². The predicted molar refractivity (Wildman–Crippen MR) is 70.1 cm³/mol. The Kier molecular flexibility index (Phi) is 4.53. The molecular formula is C10H12N4O2S. The molecule has 17 heavy (non-hydrogen) atoms. The number of hydrogen-bond donors (Lipinski definition) is 2. The van der Waals surface area contributed by atoms with E-state index in [2.05, 4.69) is 15.8 Å². The quantitative estimate of drug-likeness (QED) is 0.368. The van der Waals surface area contributed by atoms with Crippen LogP contribution in [-0.4, -0.2) is 22.8 Å². The van der Waals surface area contributed by atoms with Gasteiger partial charge in [0.2, 0.25) is 0 Å². The van der Waals surface area contributed by atoms with Crippen LogP contribution in [0.2, 0.25) is 0 Å². The monoisotopic (exact) mass is 252 g/mol. The standard InChI is InChI=1S/C10H12N4O2S/c1-7(12-13-10(17)11-2)8-3-5-9(6-4-8)14(15)16/h3-6H,1-2H3,(H2,11,13,17)/b12-7-. The van der Waals surface area contributed by atoms with Gasteiger partial charge >= 0.3 is 0 Å². The average Bonchev–Trinajstić information content (AvgIpc) is 2.35. The molecule has 0 heterocycles. The number of nitro groups is 1. The number of nitrogens with one attached hydrogen (secondary N) is 2. The second kappa shape index (κ2) is 5.90. The van der Waals surface area contributed by atoms with Crippen LogP contribution in [0.3, 0.4) is 0 Å². The van der Waals surface area contributed by atoms with Gasteiger partial charge in [0, 0.05) is 19.2 Å². The lowest BCUT2D eigenvalue weighted by Crippen LogP contribution is -2.29. The highest BCUT2D eigenvalue weighted by molar-refractivity contribution is 7.80. The van der Waals surface area contributed by atoms with Gasteiger partial charge in [-0.05, 0) is 36.8 Å². The highest BCUT2D eigenvalue weighted by Crippen LogP contribution is 2.12. The van der Waals surface area contributed by atoms with E-state index >= 15 is 0 Å². The van der Waals surface area contributed by atoms with Gasteiger partial charge in [-0.1, -0.05) is 0 Å². The molecule has 0 amide bonds. The van der Waals surface area contributed by atoms with E-state index in [1.165, 1.54) is 12.1 Å². The Morgan fingerprint density at radius 2 is 2.00 bits per heavy atom. The Balaban J connectivity index is 2.79. The summed E-state index contributed by atoms with van der Waals surface area (Å²) in [5.41, 5.74) is 4.18. The molecule has 0 atom stereocenters. The smallest absolute Gasteiger partial charge is 0.269 e. The first kappa shape index (κ1) is 13.0. The van der Waals surface area contributed by atoms with Gasteiger partial charge in [-0.2, -0.15) is 5.10 Å². The van der Waals surface area contributed by atoms with Crippen LogP contribution in [0.1, 0.15) is 12.5 Å². The van der Waals surface area contributed by atoms with Crippen molar-refractivity contribution >= 4 is 28.7 Å². The second-order valence-corrected chi connectivity index (χ2v) is 3.60. The molecule has 7 heteroatoms. The summed E-state index contributed by atoms with van der Waals surface area (Å²) in [5, 5.41) is 17.6. The number of nitrogens with zero attached hydrogens (tertiary/aromatic N) is 2. The van der Waals surface area contributed by atoms with Crippen LogP contribution in [0, 0.1) is 10.1 Å². The zero-order valence-corrected chi connectivity index (χ0v) is 10.2. The zero-order chi connectivity index (χ0) is 12.8.